The van der Waals surface area contributed by atoms with Crippen molar-refractivity contribution in [3.8, 4) is 11.1 Å². The van der Waals surface area contributed by atoms with Crippen LogP contribution in [0.15, 0.2) is 35.4 Å². The summed E-state index contributed by atoms with van der Waals surface area (Å²) < 4.78 is 0. The number of nitrogen functional groups attached to an aromatic ring is 2. The maximum atomic E-state index is 7.14. The summed E-state index contributed by atoms with van der Waals surface area (Å²) in [5, 5.41) is 3.92. The number of benzene rings is 1. The molecule has 0 unspecified atom stereocenters. The first-order valence-electron chi connectivity index (χ1n) is 4.82. The summed E-state index contributed by atoms with van der Waals surface area (Å²) in [4.78, 5) is 3.95. The Morgan fingerprint density at radius 2 is 1.94 bits per heavy atom. The van der Waals surface area contributed by atoms with Crippen LogP contribution in [0.3, 0.4) is 0 Å². The van der Waals surface area contributed by atoms with Crippen LogP contribution in [0.25, 0.3) is 11.1 Å². The van der Waals surface area contributed by atoms with Gasteiger partial charge in [-0.05, 0) is 6.07 Å². The summed E-state index contributed by atoms with van der Waals surface area (Å²) in [6.45, 7) is 0. The number of hydrogen-bond donors (Lipinski definition) is 3. The zero-order valence-electron chi connectivity index (χ0n) is 8.81. The fourth-order valence-corrected chi connectivity index (χ4v) is 1.83. The minimum atomic E-state index is 0.212. The lowest BCUT2D eigenvalue weighted by atomic mass is 10.0. The van der Waals surface area contributed by atoms with E-state index in [1.165, 1.54) is 6.07 Å². The summed E-state index contributed by atoms with van der Waals surface area (Å²) in [5.74, 6) is 0.438. The summed E-state index contributed by atoms with van der Waals surface area (Å²) in [6, 6.07) is 8.65. The molecule has 0 saturated heterocycles. The van der Waals surface area contributed by atoms with Gasteiger partial charge >= 0.3 is 0 Å². The van der Waals surface area contributed by atoms with E-state index in [4.69, 9.17) is 28.6 Å². The summed E-state index contributed by atoms with van der Waals surface area (Å²) in [6.07, 6.45) is 0. The number of pyridine rings is 1. The zero-order chi connectivity index (χ0) is 12.4. The van der Waals surface area contributed by atoms with Crippen molar-refractivity contribution >= 4 is 28.9 Å². The number of halogens is 1. The van der Waals surface area contributed by atoms with Gasteiger partial charge in [-0.1, -0.05) is 29.8 Å². The Hall–Kier alpha value is -2.14. The molecule has 1 aromatic carbocycles. The Morgan fingerprint density at radius 1 is 1.24 bits per heavy atom. The van der Waals surface area contributed by atoms with E-state index in [9.17, 15) is 0 Å². The molecular weight excluding hydrogens is 238 g/mol. The summed E-state index contributed by atoms with van der Waals surface area (Å²) in [7, 11) is 0. The average molecular weight is 248 g/mol. The smallest absolute Gasteiger partial charge is 0.136 e. The fourth-order valence-electron chi connectivity index (χ4n) is 1.60. The second kappa shape index (κ2) is 4.39. The Bertz CT molecular complexity index is 582. The van der Waals surface area contributed by atoms with E-state index in [2.05, 4.69) is 10.1 Å². The fraction of sp³-hybridized carbons (Fsp3) is 0. The number of hydrogen-bond acceptors (Lipinski definition) is 5. The van der Waals surface area contributed by atoms with Crippen molar-refractivity contribution in [2.75, 3.05) is 11.5 Å². The van der Waals surface area contributed by atoms with Crippen molar-refractivity contribution in [1.29, 1.82) is 5.53 Å². The molecule has 0 amide bonds. The molecule has 1 aromatic heterocycles. The van der Waals surface area contributed by atoms with Crippen LogP contribution in [-0.2, 0) is 0 Å². The molecule has 5 N–H and O–H groups in total. The first-order chi connectivity index (χ1) is 8.13. The van der Waals surface area contributed by atoms with Gasteiger partial charge in [0.2, 0.25) is 0 Å². The maximum absolute atomic E-state index is 7.14. The lowest BCUT2D eigenvalue weighted by Crippen LogP contribution is -1.99. The predicted molar refractivity (Wildman–Crippen MR) is 68.3 cm³/mol. The lowest BCUT2D eigenvalue weighted by molar-refractivity contribution is 1.14. The van der Waals surface area contributed by atoms with Crippen molar-refractivity contribution in [2.24, 2.45) is 5.11 Å². The average Bonchev–Trinajstić information content (AvgIpc) is 2.29. The highest BCUT2D eigenvalue weighted by molar-refractivity contribution is 6.33. The van der Waals surface area contributed by atoms with Gasteiger partial charge in [-0.25, -0.2) is 10.5 Å². The molecule has 86 valence electrons. The molecule has 5 nitrogen and oxygen atoms in total. The topological polar surface area (TPSA) is 101 Å². The van der Waals surface area contributed by atoms with Gasteiger partial charge in [-0.3, -0.25) is 0 Å². The van der Waals surface area contributed by atoms with Gasteiger partial charge in [0, 0.05) is 16.7 Å². The van der Waals surface area contributed by atoms with Gasteiger partial charge in [0.15, 0.2) is 0 Å². The van der Waals surface area contributed by atoms with Gasteiger partial charge in [0.25, 0.3) is 0 Å². The second-order valence-electron chi connectivity index (χ2n) is 3.42. The van der Waals surface area contributed by atoms with Crippen LogP contribution in [0.4, 0.5) is 17.3 Å². The van der Waals surface area contributed by atoms with Crippen LogP contribution < -0.4 is 11.5 Å². The lowest BCUT2D eigenvalue weighted by Gasteiger charge is -2.10. The standard InChI is InChI=1S/C11H10ClN5/c12-7-4-2-1-3-6(7)10-8(17-15)5-9(13)16-11(10)14/h1-5,15H,(H4,13,14,16). The number of rotatable bonds is 2. The van der Waals surface area contributed by atoms with Crippen LogP contribution in [0.5, 0.6) is 0 Å². The van der Waals surface area contributed by atoms with E-state index in [0.29, 0.717) is 21.8 Å². The van der Waals surface area contributed by atoms with Gasteiger partial charge in [-0.2, -0.15) is 5.11 Å². The summed E-state index contributed by atoms with van der Waals surface area (Å²) in [5.41, 5.74) is 20.1. The third-order valence-corrected chi connectivity index (χ3v) is 2.64. The largest absolute Gasteiger partial charge is 0.384 e. The molecule has 2 aromatic rings. The van der Waals surface area contributed by atoms with Gasteiger partial charge in [0.1, 0.15) is 17.3 Å². The van der Waals surface area contributed by atoms with Crippen LogP contribution in [0, 0.1) is 5.53 Å². The van der Waals surface area contributed by atoms with Gasteiger partial charge in [-0.15, -0.1) is 0 Å². The highest BCUT2D eigenvalue weighted by Crippen LogP contribution is 2.38. The minimum absolute atomic E-state index is 0.212. The van der Waals surface area contributed by atoms with Gasteiger partial charge in [0.05, 0.1) is 5.56 Å². The molecule has 17 heavy (non-hydrogen) atoms. The summed E-state index contributed by atoms with van der Waals surface area (Å²) >= 11 is 6.08. The predicted octanol–water partition coefficient (Wildman–Crippen LogP) is 3.23. The number of anilines is 2. The third-order valence-electron chi connectivity index (χ3n) is 2.31. The SMILES string of the molecule is N=Nc1cc(N)nc(N)c1-c1ccccc1Cl. The highest BCUT2D eigenvalue weighted by atomic mass is 35.5. The molecule has 0 saturated carbocycles. The van der Waals surface area contributed by atoms with Crippen LogP contribution >= 0.6 is 11.6 Å². The molecule has 0 atom stereocenters. The molecule has 0 aliphatic rings. The first-order valence-corrected chi connectivity index (χ1v) is 5.19. The van der Waals surface area contributed by atoms with Crippen LogP contribution in [-0.4, -0.2) is 4.98 Å². The Morgan fingerprint density at radius 3 is 2.59 bits per heavy atom. The van der Waals surface area contributed by atoms with Crippen LogP contribution in [0.1, 0.15) is 0 Å². The second-order valence-corrected chi connectivity index (χ2v) is 3.83. The van der Waals surface area contributed by atoms with E-state index in [0.717, 1.165) is 0 Å². The molecule has 2 rings (SSSR count). The molecule has 0 spiro atoms. The van der Waals surface area contributed by atoms with E-state index >= 15 is 0 Å². The zero-order valence-corrected chi connectivity index (χ0v) is 9.57. The molecule has 0 radical (unpaired) electrons. The van der Waals surface area contributed by atoms with Crippen molar-refractivity contribution in [3.63, 3.8) is 0 Å². The number of nitrogens with zero attached hydrogens (tertiary/aromatic N) is 2. The Labute approximate surface area is 103 Å². The number of aromatic nitrogens is 1. The van der Waals surface area contributed by atoms with Crippen molar-refractivity contribution in [3.05, 3.63) is 35.4 Å². The van der Waals surface area contributed by atoms with E-state index in [1.807, 2.05) is 12.1 Å². The minimum Gasteiger partial charge on any atom is -0.384 e. The number of nitrogens with one attached hydrogen (secondary N) is 1. The number of nitrogens with two attached hydrogens (primary N) is 2. The molecular formula is C11H10ClN5. The molecule has 0 bridgehead atoms. The van der Waals surface area contributed by atoms with Crippen molar-refractivity contribution in [1.82, 2.24) is 4.98 Å². The van der Waals surface area contributed by atoms with E-state index in [1.54, 1.807) is 12.1 Å². The molecule has 0 aliphatic heterocycles. The maximum Gasteiger partial charge on any atom is 0.136 e. The Balaban J connectivity index is 2.75. The molecule has 0 aliphatic carbocycles. The van der Waals surface area contributed by atoms with E-state index < -0.39 is 0 Å². The normalized spacial score (nSPS) is 10.2. The highest BCUT2D eigenvalue weighted by Gasteiger charge is 2.14. The molecule has 0 fully saturated rings. The third kappa shape index (κ3) is 2.05. The monoisotopic (exact) mass is 247 g/mol. The molecule has 6 heteroatoms. The van der Waals surface area contributed by atoms with Gasteiger partial charge < -0.3 is 11.5 Å². The molecule has 1 heterocycles. The first kappa shape index (κ1) is 11.3. The Kier molecular flexibility index (Phi) is 2.93. The van der Waals surface area contributed by atoms with E-state index in [-0.39, 0.29) is 11.6 Å². The van der Waals surface area contributed by atoms with Crippen molar-refractivity contribution < 1.29 is 0 Å². The van der Waals surface area contributed by atoms with Crippen molar-refractivity contribution in [2.45, 2.75) is 0 Å². The van der Waals surface area contributed by atoms with Crippen LogP contribution in [0.2, 0.25) is 5.02 Å². The quantitative estimate of drug-likeness (QED) is 0.710.